The highest BCUT2D eigenvalue weighted by Gasteiger charge is 2.22. The van der Waals surface area contributed by atoms with Gasteiger partial charge in [0.2, 0.25) is 5.89 Å². The Labute approximate surface area is 117 Å². The first kappa shape index (κ1) is 13.1. The second-order valence-corrected chi connectivity index (χ2v) is 5.39. The van der Waals surface area contributed by atoms with Gasteiger partial charge >= 0.3 is 5.97 Å². The van der Waals surface area contributed by atoms with Crippen molar-refractivity contribution in [2.45, 2.75) is 25.8 Å². The number of rotatable bonds is 4. The molecule has 1 aliphatic rings. The Balaban J connectivity index is 1.58. The monoisotopic (exact) mass is 274 g/mol. The van der Waals surface area contributed by atoms with Crippen molar-refractivity contribution in [1.82, 2.24) is 9.88 Å². The fraction of sp³-hybridized carbons (Fsp3) is 0.467. The maximum atomic E-state index is 10.7. The first-order valence-corrected chi connectivity index (χ1v) is 6.99. The quantitative estimate of drug-likeness (QED) is 0.928. The summed E-state index contributed by atoms with van der Waals surface area (Å²) in [7, 11) is 0. The summed E-state index contributed by atoms with van der Waals surface area (Å²) in [6, 6.07) is 7.76. The van der Waals surface area contributed by atoms with E-state index in [0.29, 0.717) is 12.5 Å². The van der Waals surface area contributed by atoms with E-state index in [9.17, 15) is 4.79 Å². The number of piperidine rings is 1. The van der Waals surface area contributed by atoms with E-state index >= 15 is 0 Å². The molecule has 1 N–H and O–H groups in total. The molecule has 1 aliphatic heterocycles. The molecule has 0 aliphatic carbocycles. The Kier molecular flexibility index (Phi) is 3.69. The van der Waals surface area contributed by atoms with Gasteiger partial charge in [-0.05, 0) is 44.0 Å². The normalized spacial score (nSPS) is 17.6. The minimum atomic E-state index is -0.692. The van der Waals surface area contributed by atoms with Crippen molar-refractivity contribution in [2.75, 3.05) is 13.1 Å². The number of hydrogen-bond acceptors (Lipinski definition) is 4. The van der Waals surface area contributed by atoms with E-state index < -0.39 is 5.97 Å². The molecular weight excluding hydrogens is 256 g/mol. The topological polar surface area (TPSA) is 66.6 Å². The van der Waals surface area contributed by atoms with Gasteiger partial charge in [0.1, 0.15) is 5.52 Å². The first-order valence-electron chi connectivity index (χ1n) is 6.99. The number of fused-ring (bicyclic) bond motifs is 1. The lowest BCUT2D eigenvalue weighted by Gasteiger charge is -2.30. The highest BCUT2D eigenvalue weighted by Crippen LogP contribution is 2.22. The first-order chi connectivity index (χ1) is 9.70. The molecule has 5 heteroatoms. The molecule has 0 atom stereocenters. The van der Waals surface area contributed by atoms with E-state index in [-0.39, 0.29) is 6.42 Å². The molecule has 2 heterocycles. The van der Waals surface area contributed by atoms with Gasteiger partial charge in [-0.25, -0.2) is 4.98 Å². The molecule has 1 fully saturated rings. The van der Waals surface area contributed by atoms with E-state index in [1.54, 1.807) is 0 Å². The number of aliphatic carboxylic acids is 1. The van der Waals surface area contributed by atoms with Crippen LogP contribution in [-0.2, 0) is 11.3 Å². The Hall–Kier alpha value is -1.88. The molecule has 0 amide bonds. The summed E-state index contributed by atoms with van der Waals surface area (Å²) in [6.07, 6.45) is 2.16. The third-order valence-electron chi connectivity index (χ3n) is 3.87. The van der Waals surface area contributed by atoms with E-state index in [2.05, 4.69) is 9.88 Å². The van der Waals surface area contributed by atoms with Crippen LogP contribution in [0.2, 0.25) is 0 Å². The predicted octanol–water partition coefficient (Wildman–Crippen LogP) is 2.51. The summed E-state index contributed by atoms with van der Waals surface area (Å²) in [6.45, 7) is 2.53. The van der Waals surface area contributed by atoms with Gasteiger partial charge < -0.3 is 9.52 Å². The molecule has 2 aromatic rings. The Morgan fingerprint density at radius 3 is 2.80 bits per heavy atom. The van der Waals surface area contributed by atoms with Crippen LogP contribution < -0.4 is 0 Å². The average Bonchev–Trinajstić information content (AvgIpc) is 2.82. The van der Waals surface area contributed by atoms with E-state index in [4.69, 9.17) is 9.52 Å². The summed E-state index contributed by atoms with van der Waals surface area (Å²) in [4.78, 5) is 17.5. The lowest BCUT2D eigenvalue weighted by Crippen LogP contribution is -2.34. The minimum Gasteiger partial charge on any atom is -0.481 e. The predicted molar refractivity (Wildman–Crippen MR) is 74.3 cm³/mol. The fourth-order valence-electron chi connectivity index (χ4n) is 2.77. The molecular formula is C15H18N2O3. The van der Waals surface area contributed by atoms with Gasteiger partial charge in [0.05, 0.1) is 6.54 Å². The average molecular weight is 274 g/mol. The largest absolute Gasteiger partial charge is 0.481 e. The lowest BCUT2D eigenvalue weighted by atomic mass is 9.94. The molecule has 106 valence electrons. The zero-order valence-corrected chi connectivity index (χ0v) is 11.3. The summed E-state index contributed by atoms with van der Waals surface area (Å²) >= 11 is 0. The summed E-state index contributed by atoms with van der Waals surface area (Å²) < 4.78 is 5.72. The van der Waals surface area contributed by atoms with Gasteiger partial charge in [-0.15, -0.1) is 0 Å². The molecule has 3 rings (SSSR count). The van der Waals surface area contributed by atoms with E-state index in [1.807, 2.05) is 24.3 Å². The third kappa shape index (κ3) is 2.99. The molecule has 1 saturated heterocycles. The maximum Gasteiger partial charge on any atom is 0.303 e. The molecule has 1 aromatic carbocycles. The van der Waals surface area contributed by atoms with Crippen molar-refractivity contribution < 1.29 is 14.3 Å². The van der Waals surface area contributed by atoms with E-state index in [1.165, 1.54) is 0 Å². The van der Waals surface area contributed by atoms with Crippen LogP contribution in [0.5, 0.6) is 0 Å². The molecule has 0 unspecified atom stereocenters. The number of carboxylic acid groups (broad SMARTS) is 1. The van der Waals surface area contributed by atoms with Gasteiger partial charge in [0, 0.05) is 6.42 Å². The molecule has 1 aromatic heterocycles. The van der Waals surface area contributed by atoms with Crippen LogP contribution in [0, 0.1) is 5.92 Å². The van der Waals surface area contributed by atoms with Crippen molar-refractivity contribution in [3.63, 3.8) is 0 Å². The second-order valence-electron chi connectivity index (χ2n) is 5.39. The highest BCUT2D eigenvalue weighted by atomic mass is 16.4. The molecule has 0 bridgehead atoms. The number of para-hydroxylation sites is 2. The number of nitrogens with zero attached hydrogens (tertiary/aromatic N) is 2. The maximum absolute atomic E-state index is 10.7. The summed E-state index contributed by atoms with van der Waals surface area (Å²) in [5.74, 6) is 0.359. The lowest BCUT2D eigenvalue weighted by molar-refractivity contribution is -0.138. The van der Waals surface area contributed by atoms with Gasteiger partial charge in [0.25, 0.3) is 0 Å². The number of carboxylic acids is 1. The number of benzene rings is 1. The summed E-state index contributed by atoms with van der Waals surface area (Å²) in [5.41, 5.74) is 1.71. The van der Waals surface area contributed by atoms with Crippen molar-refractivity contribution in [3.8, 4) is 0 Å². The number of hydrogen-bond donors (Lipinski definition) is 1. The van der Waals surface area contributed by atoms with Crippen molar-refractivity contribution in [2.24, 2.45) is 5.92 Å². The molecule has 0 radical (unpaired) electrons. The van der Waals surface area contributed by atoms with Gasteiger partial charge in [-0.1, -0.05) is 12.1 Å². The molecule has 0 saturated carbocycles. The SMILES string of the molecule is O=C(O)CC1CCN(Cc2nc3ccccc3o2)CC1. The minimum absolute atomic E-state index is 0.288. The Bertz CT molecular complexity index is 567. The number of aromatic nitrogens is 1. The van der Waals surface area contributed by atoms with Crippen LogP contribution in [0.3, 0.4) is 0 Å². The standard InChI is InChI=1S/C15H18N2O3/c18-15(19)9-11-5-7-17(8-6-11)10-14-16-12-3-1-2-4-13(12)20-14/h1-4,11H,5-10H2,(H,18,19). The van der Waals surface area contributed by atoms with Crippen LogP contribution in [0.4, 0.5) is 0 Å². The van der Waals surface area contributed by atoms with Gasteiger partial charge in [0.15, 0.2) is 5.58 Å². The Morgan fingerprint density at radius 2 is 2.10 bits per heavy atom. The van der Waals surface area contributed by atoms with Crippen LogP contribution in [0.25, 0.3) is 11.1 Å². The highest BCUT2D eigenvalue weighted by molar-refractivity contribution is 5.72. The molecule has 0 spiro atoms. The smallest absolute Gasteiger partial charge is 0.303 e. The van der Waals surface area contributed by atoms with Crippen molar-refractivity contribution in [1.29, 1.82) is 0 Å². The zero-order valence-electron chi connectivity index (χ0n) is 11.3. The molecule has 20 heavy (non-hydrogen) atoms. The molecule has 5 nitrogen and oxygen atoms in total. The number of likely N-dealkylation sites (tertiary alicyclic amines) is 1. The van der Waals surface area contributed by atoms with Crippen molar-refractivity contribution >= 4 is 17.1 Å². The van der Waals surface area contributed by atoms with Gasteiger partial charge in [-0.2, -0.15) is 0 Å². The second kappa shape index (κ2) is 5.63. The van der Waals surface area contributed by atoms with Crippen LogP contribution in [0.15, 0.2) is 28.7 Å². The number of oxazole rings is 1. The van der Waals surface area contributed by atoms with Crippen LogP contribution >= 0.6 is 0 Å². The van der Waals surface area contributed by atoms with Crippen LogP contribution in [0.1, 0.15) is 25.2 Å². The fourth-order valence-corrected chi connectivity index (χ4v) is 2.77. The van der Waals surface area contributed by atoms with Crippen LogP contribution in [-0.4, -0.2) is 34.0 Å². The summed E-state index contributed by atoms with van der Waals surface area (Å²) in [5, 5.41) is 8.81. The van der Waals surface area contributed by atoms with Crippen molar-refractivity contribution in [3.05, 3.63) is 30.2 Å². The van der Waals surface area contributed by atoms with Gasteiger partial charge in [-0.3, -0.25) is 9.69 Å². The Morgan fingerprint density at radius 1 is 1.35 bits per heavy atom. The number of carbonyl (C=O) groups is 1. The van der Waals surface area contributed by atoms with E-state index in [0.717, 1.165) is 42.9 Å². The third-order valence-corrected chi connectivity index (χ3v) is 3.87. The zero-order chi connectivity index (χ0) is 13.9.